The predicted octanol–water partition coefficient (Wildman–Crippen LogP) is 4.23. The number of methoxy groups -OCH3 is 1. The Bertz CT molecular complexity index is 1250. The minimum Gasteiger partial charge on any atom is -0.495 e. The second kappa shape index (κ2) is 9.41. The maximum Gasteiger partial charge on any atom is 0.296 e. The molecule has 0 radical (unpaired) electrons. The van der Waals surface area contributed by atoms with Gasteiger partial charge in [0.05, 0.1) is 18.6 Å². The summed E-state index contributed by atoms with van der Waals surface area (Å²) in [6.07, 6.45) is 0. The van der Waals surface area contributed by atoms with E-state index in [1.165, 1.54) is 18.9 Å². The molecule has 0 spiro atoms. The molecule has 0 saturated carbocycles. The number of aromatic nitrogens is 5. The summed E-state index contributed by atoms with van der Waals surface area (Å²) in [5.41, 5.74) is 2.49. The Morgan fingerprint density at radius 1 is 1.22 bits per heavy atom. The SMILES string of the molecule is COc1ccc(Cl)cc1NC(=O)CSc1nnc(-c2nc(-c3ccc(C)cc3)no2)n1C. The number of anilines is 1. The normalized spacial score (nSPS) is 10.9. The number of thioether (sulfide) groups is 1. The van der Waals surface area contributed by atoms with Crippen molar-refractivity contribution in [3.63, 3.8) is 0 Å². The van der Waals surface area contributed by atoms with E-state index in [9.17, 15) is 4.79 Å². The molecule has 4 aromatic rings. The number of amides is 1. The summed E-state index contributed by atoms with van der Waals surface area (Å²) >= 11 is 7.23. The fraction of sp³-hybridized carbons (Fsp3) is 0.190. The second-order valence-corrected chi connectivity index (χ2v) is 8.21. The van der Waals surface area contributed by atoms with E-state index in [1.807, 2.05) is 31.2 Å². The summed E-state index contributed by atoms with van der Waals surface area (Å²) < 4.78 is 12.3. The molecular formula is C21H19ClN6O3S. The highest BCUT2D eigenvalue weighted by Gasteiger charge is 2.19. The van der Waals surface area contributed by atoms with Crippen LogP contribution in [0.1, 0.15) is 5.56 Å². The average molecular weight is 471 g/mol. The van der Waals surface area contributed by atoms with Crippen LogP contribution < -0.4 is 10.1 Å². The number of hydrogen-bond acceptors (Lipinski definition) is 8. The molecule has 2 aromatic carbocycles. The predicted molar refractivity (Wildman–Crippen MR) is 122 cm³/mol. The van der Waals surface area contributed by atoms with E-state index in [0.717, 1.165) is 11.1 Å². The van der Waals surface area contributed by atoms with Gasteiger partial charge in [0.2, 0.25) is 17.6 Å². The van der Waals surface area contributed by atoms with Crippen molar-refractivity contribution in [3.8, 4) is 28.9 Å². The number of nitrogens with one attached hydrogen (secondary N) is 1. The fourth-order valence-corrected chi connectivity index (χ4v) is 3.74. The van der Waals surface area contributed by atoms with Gasteiger partial charge in [0.1, 0.15) is 5.75 Å². The lowest BCUT2D eigenvalue weighted by Gasteiger charge is -2.10. The molecule has 2 aromatic heterocycles. The molecule has 0 bridgehead atoms. The largest absolute Gasteiger partial charge is 0.495 e. The second-order valence-electron chi connectivity index (χ2n) is 6.84. The van der Waals surface area contributed by atoms with Crippen molar-refractivity contribution in [1.82, 2.24) is 24.9 Å². The maximum absolute atomic E-state index is 12.4. The van der Waals surface area contributed by atoms with Gasteiger partial charge in [-0.3, -0.25) is 4.79 Å². The minimum atomic E-state index is -0.237. The highest BCUT2D eigenvalue weighted by molar-refractivity contribution is 7.99. The summed E-state index contributed by atoms with van der Waals surface area (Å²) in [4.78, 5) is 16.8. The molecule has 0 unspecified atom stereocenters. The Hall–Kier alpha value is -3.37. The van der Waals surface area contributed by atoms with Crippen LogP contribution in [0.5, 0.6) is 5.75 Å². The van der Waals surface area contributed by atoms with Crippen molar-refractivity contribution in [2.75, 3.05) is 18.2 Å². The summed E-state index contributed by atoms with van der Waals surface area (Å²) in [7, 11) is 3.29. The lowest BCUT2D eigenvalue weighted by Crippen LogP contribution is -2.15. The molecule has 164 valence electrons. The number of carbonyl (C=O) groups excluding carboxylic acids is 1. The zero-order valence-corrected chi connectivity index (χ0v) is 19.1. The molecule has 1 N–H and O–H groups in total. The molecule has 9 nitrogen and oxygen atoms in total. The van der Waals surface area contributed by atoms with Crippen molar-refractivity contribution in [1.29, 1.82) is 0 Å². The molecule has 0 saturated heterocycles. The van der Waals surface area contributed by atoms with Crippen LogP contribution in [0.25, 0.3) is 23.1 Å². The Labute approximate surface area is 193 Å². The van der Waals surface area contributed by atoms with E-state index < -0.39 is 0 Å². The topological polar surface area (TPSA) is 108 Å². The third kappa shape index (κ3) is 4.76. The number of carbonyl (C=O) groups is 1. The summed E-state index contributed by atoms with van der Waals surface area (Å²) in [6, 6.07) is 12.8. The molecule has 11 heteroatoms. The Morgan fingerprint density at radius 3 is 2.75 bits per heavy atom. The zero-order valence-electron chi connectivity index (χ0n) is 17.5. The van der Waals surface area contributed by atoms with Gasteiger partial charge in [-0.2, -0.15) is 4.98 Å². The van der Waals surface area contributed by atoms with Crippen LogP contribution in [0, 0.1) is 6.92 Å². The molecule has 0 fully saturated rings. The highest BCUT2D eigenvalue weighted by Crippen LogP contribution is 2.28. The van der Waals surface area contributed by atoms with Crippen LogP contribution in [0.2, 0.25) is 5.02 Å². The van der Waals surface area contributed by atoms with Crippen LogP contribution in [0.4, 0.5) is 5.69 Å². The number of rotatable bonds is 7. The first-order valence-electron chi connectivity index (χ1n) is 9.51. The van der Waals surface area contributed by atoms with Crippen LogP contribution >= 0.6 is 23.4 Å². The van der Waals surface area contributed by atoms with E-state index >= 15 is 0 Å². The number of nitrogens with zero attached hydrogens (tertiary/aromatic N) is 5. The number of benzene rings is 2. The van der Waals surface area contributed by atoms with E-state index in [-0.39, 0.29) is 17.6 Å². The first kappa shape index (κ1) is 21.8. The Balaban J connectivity index is 1.43. The van der Waals surface area contributed by atoms with Crippen molar-refractivity contribution in [2.45, 2.75) is 12.1 Å². The van der Waals surface area contributed by atoms with E-state index in [0.29, 0.717) is 33.3 Å². The average Bonchev–Trinajstić information content (AvgIpc) is 3.40. The molecule has 0 aliphatic carbocycles. The van der Waals surface area contributed by atoms with E-state index in [4.69, 9.17) is 20.9 Å². The monoisotopic (exact) mass is 470 g/mol. The van der Waals surface area contributed by atoms with Gasteiger partial charge in [0, 0.05) is 17.6 Å². The molecular weight excluding hydrogens is 452 g/mol. The summed E-state index contributed by atoms with van der Waals surface area (Å²) in [5, 5.41) is 16.1. The zero-order chi connectivity index (χ0) is 22.7. The van der Waals surface area contributed by atoms with Gasteiger partial charge in [-0.25, -0.2) is 0 Å². The first-order chi connectivity index (χ1) is 15.4. The maximum atomic E-state index is 12.4. The Morgan fingerprint density at radius 2 is 2.00 bits per heavy atom. The van der Waals surface area contributed by atoms with Crippen LogP contribution in [-0.2, 0) is 11.8 Å². The van der Waals surface area contributed by atoms with E-state index in [2.05, 4.69) is 25.7 Å². The van der Waals surface area contributed by atoms with Crippen molar-refractivity contribution in [3.05, 3.63) is 53.1 Å². The molecule has 0 atom stereocenters. The van der Waals surface area contributed by atoms with Gasteiger partial charge in [-0.05, 0) is 25.1 Å². The van der Waals surface area contributed by atoms with Gasteiger partial charge >= 0.3 is 0 Å². The van der Waals surface area contributed by atoms with Crippen LogP contribution in [0.15, 0.2) is 52.1 Å². The fourth-order valence-electron chi connectivity index (χ4n) is 2.86. The number of hydrogen-bond donors (Lipinski definition) is 1. The van der Waals surface area contributed by atoms with Gasteiger partial charge in [-0.15, -0.1) is 10.2 Å². The number of ether oxygens (including phenoxy) is 1. The summed E-state index contributed by atoms with van der Waals surface area (Å²) in [6.45, 7) is 2.01. The molecule has 32 heavy (non-hydrogen) atoms. The molecule has 2 heterocycles. The van der Waals surface area contributed by atoms with Gasteiger partial charge < -0.3 is 19.1 Å². The summed E-state index contributed by atoms with van der Waals surface area (Å²) in [5.74, 6) is 1.52. The lowest BCUT2D eigenvalue weighted by molar-refractivity contribution is -0.113. The standard InChI is InChI=1S/C21H19ClN6O3S/c1-12-4-6-13(7-5-12)18-24-20(31-27-18)19-25-26-21(28(19)2)32-11-17(29)23-15-10-14(22)8-9-16(15)30-3/h4-10H,11H2,1-3H3,(H,23,29). The van der Waals surface area contributed by atoms with Gasteiger partial charge in [-0.1, -0.05) is 58.3 Å². The van der Waals surface area contributed by atoms with Crippen molar-refractivity contribution in [2.24, 2.45) is 7.05 Å². The van der Waals surface area contributed by atoms with Crippen LogP contribution in [0.3, 0.4) is 0 Å². The molecule has 0 aliphatic heterocycles. The van der Waals surface area contributed by atoms with Gasteiger partial charge in [0.25, 0.3) is 5.89 Å². The quantitative estimate of drug-likeness (QED) is 0.400. The van der Waals surface area contributed by atoms with Crippen molar-refractivity contribution >= 4 is 35.0 Å². The molecule has 4 rings (SSSR count). The molecule has 0 aliphatic rings. The van der Waals surface area contributed by atoms with E-state index in [1.54, 1.807) is 29.8 Å². The number of halogens is 1. The first-order valence-corrected chi connectivity index (χ1v) is 10.9. The Kier molecular flexibility index (Phi) is 6.42. The lowest BCUT2D eigenvalue weighted by atomic mass is 10.1. The highest BCUT2D eigenvalue weighted by atomic mass is 35.5. The molecule has 1 amide bonds. The smallest absolute Gasteiger partial charge is 0.296 e. The van der Waals surface area contributed by atoms with Gasteiger partial charge in [0.15, 0.2) is 5.16 Å². The van der Waals surface area contributed by atoms with Crippen LogP contribution in [-0.4, -0.2) is 43.7 Å². The minimum absolute atomic E-state index is 0.111. The third-order valence-electron chi connectivity index (χ3n) is 4.53. The third-order valence-corrected chi connectivity index (χ3v) is 5.79. The van der Waals surface area contributed by atoms with Crippen molar-refractivity contribution < 1.29 is 14.1 Å². The number of aryl methyl sites for hydroxylation is 1.